The van der Waals surface area contributed by atoms with Crippen LogP contribution in [0.4, 0.5) is 4.39 Å². The summed E-state index contributed by atoms with van der Waals surface area (Å²) in [6.45, 7) is 3.21. The van der Waals surface area contributed by atoms with Crippen molar-refractivity contribution in [1.29, 1.82) is 5.26 Å². The molecule has 0 aromatic heterocycles. The summed E-state index contributed by atoms with van der Waals surface area (Å²) in [5, 5.41) is 18.4. The highest BCUT2D eigenvalue weighted by molar-refractivity contribution is 6.31. The van der Waals surface area contributed by atoms with Crippen LogP contribution >= 0.6 is 11.6 Å². The lowest BCUT2D eigenvalue weighted by atomic mass is 10.1. The predicted octanol–water partition coefficient (Wildman–Crippen LogP) is 2.83. The highest BCUT2D eigenvalue weighted by atomic mass is 35.5. The van der Waals surface area contributed by atoms with Crippen LogP contribution in [0.2, 0.25) is 5.02 Å². The first-order valence-corrected chi connectivity index (χ1v) is 5.51. The Labute approximate surface area is 104 Å². The zero-order valence-electron chi connectivity index (χ0n) is 9.52. The highest BCUT2D eigenvalue weighted by Gasteiger charge is 2.20. The molecule has 0 aliphatic heterocycles. The van der Waals surface area contributed by atoms with Gasteiger partial charge >= 0.3 is 0 Å². The number of nitriles is 1. The third-order valence-electron chi connectivity index (χ3n) is 2.39. The molecular formula is C12H13ClFNO2. The summed E-state index contributed by atoms with van der Waals surface area (Å²) >= 11 is 5.83. The molecule has 0 bridgehead atoms. The van der Waals surface area contributed by atoms with Gasteiger partial charge in [-0.05, 0) is 26.0 Å². The predicted molar refractivity (Wildman–Crippen MR) is 62.0 cm³/mol. The minimum atomic E-state index is -0.923. The molecule has 3 nitrogen and oxygen atoms in total. The molecule has 92 valence electrons. The number of nitrogens with zero attached hydrogens (tertiary/aromatic N) is 1. The number of aliphatic hydroxyl groups excluding tert-OH is 1. The largest absolute Gasteiger partial charge is 0.391 e. The van der Waals surface area contributed by atoms with Crippen LogP contribution in [0.1, 0.15) is 25.5 Å². The van der Waals surface area contributed by atoms with E-state index >= 15 is 0 Å². The Kier molecular flexibility index (Phi) is 4.88. The number of hydrogen-bond donors (Lipinski definition) is 1. The molecule has 5 heteroatoms. The van der Waals surface area contributed by atoms with Crippen molar-refractivity contribution in [3.63, 3.8) is 0 Å². The van der Waals surface area contributed by atoms with E-state index in [2.05, 4.69) is 0 Å². The molecular weight excluding hydrogens is 245 g/mol. The number of aliphatic hydroxyl groups is 1. The summed E-state index contributed by atoms with van der Waals surface area (Å²) in [7, 11) is 0. The van der Waals surface area contributed by atoms with Gasteiger partial charge in [0.2, 0.25) is 0 Å². The Morgan fingerprint density at radius 1 is 1.47 bits per heavy atom. The molecule has 0 amide bonds. The number of rotatable bonds is 4. The van der Waals surface area contributed by atoms with Gasteiger partial charge in [-0.1, -0.05) is 17.7 Å². The maximum absolute atomic E-state index is 12.9. The third kappa shape index (κ3) is 3.67. The summed E-state index contributed by atoms with van der Waals surface area (Å²) in [6, 6.07) is 5.66. The smallest absolute Gasteiger partial charge is 0.170 e. The maximum atomic E-state index is 12.9. The lowest BCUT2D eigenvalue weighted by Crippen LogP contribution is -2.24. The first-order chi connectivity index (χ1) is 7.95. The summed E-state index contributed by atoms with van der Waals surface area (Å²) in [5.74, 6) is -0.473. The zero-order valence-corrected chi connectivity index (χ0v) is 10.3. The second-order valence-corrected chi connectivity index (χ2v) is 4.16. The molecule has 1 aromatic carbocycles. The van der Waals surface area contributed by atoms with E-state index in [4.69, 9.17) is 21.6 Å². The molecule has 17 heavy (non-hydrogen) atoms. The topological polar surface area (TPSA) is 53.2 Å². The molecule has 0 spiro atoms. The van der Waals surface area contributed by atoms with Gasteiger partial charge in [-0.15, -0.1) is 0 Å². The van der Waals surface area contributed by atoms with Crippen LogP contribution in [-0.4, -0.2) is 17.3 Å². The summed E-state index contributed by atoms with van der Waals surface area (Å²) in [6.07, 6.45) is -2.14. The van der Waals surface area contributed by atoms with Crippen molar-refractivity contribution in [3.8, 4) is 6.07 Å². The number of hydrogen-bond acceptors (Lipinski definition) is 3. The molecule has 1 rings (SSSR count). The van der Waals surface area contributed by atoms with Crippen LogP contribution in [-0.2, 0) is 4.74 Å². The molecule has 0 aliphatic rings. The van der Waals surface area contributed by atoms with Crippen molar-refractivity contribution in [2.45, 2.75) is 32.2 Å². The van der Waals surface area contributed by atoms with Gasteiger partial charge in [0.25, 0.3) is 0 Å². The SMILES string of the molecule is CC(O)C(C)OC(C#N)c1ccc(F)cc1Cl. The van der Waals surface area contributed by atoms with Crippen LogP contribution in [0.15, 0.2) is 18.2 Å². The number of ether oxygens (including phenoxy) is 1. The lowest BCUT2D eigenvalue weighted by Gasteiger charge is -2.20. The van der Waals surface area contributed by atoms with Crippen molar-refractivity contribution in [1.82, 2.24) is 0 Å². The fourth-order valence-corrected chi connectivity index (χ4v) is 1.48. The normalized spacial score (nSPS) is 16.0. The van der Waals surface area contributed by atoms with Crippen LogP contribution in [0, 0.1) is 17.1 Å². The quantitative estimate of drug-likeness (QED) is 0.902. The Bertz CT molecular complexity index is 431. The minimum absolute atomic E-state index is 0.134. The first-order valence-electron chi connectivity index (χ1n) is 5.13. The lowest BCUT2D eigenvalue weighted by molar-refractivity contribution is -0.0425. The molecule has 0 aliphatic carbocycles. The Balaban J connectivity index is 2.91. The highest BCUT2D eigenvalue weighted by Crippen LogP contribution is 2.27. The average Bonchev–Trinajstić information content (AvgIpc) is 2.26. The summed E-state index contributed by atoms with van der Waals surface area (Å²) < 4.78 is 18.2. The van der Waals surface area contributed by atoms with E-state index in [-0.39, 0.29) is 5.02 Å². The van der Waals surface area contributed by atoms with E-state index in [1.807, 2.05) is 6.07 Å². The maximum Gasteiger partial charge on any atom is 0.170 e. The van der Waals surface area contributed by atoms with Gasteiger partial charge in [0.15, 0.2) is 6.10 Å². The first kappa shape index (κ1) is 13.9. The van der Waals surface area contributed by atoms with Gasteiger partial charge in [-0.2, -0.15) is 5.26 Å². The monoisotopic (exact) mass is 257 g/mol. The van der Waals surface area contributed by atoms with Gasteiger partial charge < -0.3 is 9.84 Å². The second kappa shape index (κ2) is 5.97. The summed E-state index contributed by atoms with van der Waals surface area (Å²) in [4.78, 5) is 0. The second-order valence-electron chi connectivity index (χ2n) is 3.76. The molecule has 0 radical (unpaired) electrons. The Morgan fingerprint density at radius 3 is 2.59 bits per heavy atom. The van der Waals surface area contributed by atoms with Gasteiger partial charge in [-0.3, -0.25) is 0 Å². The van der Waals surface area contributed by atoms with Gasteiger partial charge in [0.05, 0.1) is 23.3 Å². The van der Waals surface area contributed by atoms with Crippen LogP contribution in [0.3, 0.4) is 0 Å². The van der Waals surface area contributed by atoms with Crippen molar-refractivity contribution >= 4 is 11.6 Å². The Morgan fingerprint density at radius 2 is 2.12 bits per heavy atom. The van der Waals surface area contributed by atoms with Gasteiger partial charge in [0, 0.05) is 5.56 Å². The van der Waals surface area contributed by atoms with Crippen molar-refractivity contribution < 1.29 is 14.2 Å². The fourth-order valence-electron chi connectivity index (χ4n) is 1.22. The molecule has 3 atom stereocenters. The van der Waals surface area contributed by atoms with E-state index in [9.17, 15) is 9.50 Å². The molecule has 0 saturated carbocycles. The van der Waals surface area contributed by atoms with Gasteiger partial charge in [0.1, 0.15) is 5.82 Å². The average molecular weight is 258 g/mol. The Hall–Kier alpha value is -1.15. The van der Waals surface area contributed by atoms with E-state index in [1.54, 1.807) is 13.8 Å². The van der Waals surface area contributed by atoms with Crippen molar-refractivity contribution in [3.05, 3.63) is 34.6 Å². The van der Waals surface area contributed by atoms with Gasteiger partial charge in [-0.25, -0.2) is 4.39 Å². The van der Waals surface area contributed by atoms with E-state index in [0.717, 1.165) is 6.07 Å². The molecule has 0 fully saturated rings. The molecule has 0 saturated heterocycles. The van der Waals surface area contributed by atoms with Crippen molar-refractivity contribution in [2.75, 3.05) is 0 Å². The van der Waals surface area contributed by atoms with E-state index in [0.29, 0.717) is 5.56 Å². The fraction of sp³-hybridized carbons (Fsp3) is 0.417. The molecule has 1 aromatic rings. The molecule has 3 unspecified atom stereocenters. The van der Waals surface area contributed by atoms with Crippen LogP contribution in [0.5, 0.6) is 0 Å². The third-order valence-corrected chi connectivity index (χ3v) is 2.72. The van der Waals surface area contributed by atoms with Crippen molar-refractivity contribution in [2.24, 2.45) is 0 Å². The zero-order chi connectivity index (χ0) is 13.0. The summed E-state index contributed by atoms with van der Waals surface area (Å²) in [5.41, 5.74) is 0.392. The number of benzene rings is 1. The van der Waals surface area contributed by atoms with Crippen LogP contribution < -0.4 is 0 Å². The van der Waals surface area contributed by atoms with E-state index in [1.165, 1.54) is 12.1 Å². The minimum Gasteiger partial charge on any atom is -0.391 e. The van der Waals surface area contributed by atoms with E-state index < -0.39 is 24.1 Å². The molecule has 1 N–H and O–H groups in total. The van der Waals surface area contributed by atoms with Crippen LogP contribution in [0.25, 0.3) is 0 Å². The number of halogens is 2. The molecule has 0 heterocycles. The standard InChI is InChI=1S/C12H13ClFNO2/c1-7(16)8(2)17-12(6-15)10-4-3-9(14)5-11(10)13/h3-5,7-8,12,16H,1-2H3.